The Bertz CT molecular complexity index is 377. The molecule has 16 heavy (non-hydrogen) atoms. The van der Waals surface area contributed by atoms with E-state index in [9.17, 15) is 4.79 Å². The molecule has 5 nitrogen and oxygen atoms in total. The van der Waals surface area contributed by atoms with Crippen LogP contribution < -0.4 is 5.32 Å². The van der Waals surface area contributed by atoms with Gasteiger partial charge in [0.2, 0.25) is 5.95 Å². The number of aromatic nitrogens is 2. The average Bonchev–Trinajstić information content (AvgIpc) is 2.16. The molecule has 0 saturated carbocycles. The van der Waals surface area contributed by atoms with E-state index in [0.29, 0.717) is 18.4 Å². The molecule has 0 aromatic carbocycles. The van der Waals surface area contributed by atoms with E-state index < -0.39 is 5.97 Å². The molecule has 0 radical (unpaired) electrons. The van der Waals surface area contributed by atoms with Crippen LogP contribution in [-0.2, 0) is 4.79 Å². The molecule has 0 bridgehead atoms. The van der Waals surface area contributed by atoms with E-state index in [1.807, 2.05) is 13.0 Å². The van der Waals surface area contributed by atoms with Crippen molar-refractivity contribution >= 4 is 11.9 Å². The molecule has 0 atom stereocenters. The maximum absolute atomic E-state index is 10.4. The molecular weight excluding hydrogens is 206 g/mol. The Kier molecular flexibility index (Phi) is 4.22. The summed E-state index contributed by atoms with van der Waals surface area (Å²) < 4.78 is 0. The number of nitrogens with one attached hydrogen (secondary N) is 1. The Morgan fingerprint density at radius 1 is 1.50 bits per heavy atom. The number of anilines is 1. The Morgan fingerprint density at radius 2 is 2.19 bits per heavy atom. The molecule has 0 unspecified atom stereocenters. The molecule has 0 spiro atoms. The third-order valence-corrected chi connectivity index (χ3v) is 2.09. The SMILES string of the molecule is Cc1cc(C(C)C)nc(NCCC(=O)O)n1. The summed E-state index contributed by atoms with van der Waals surface area (Å²) in [4.78, 5) is 18.9. The van der Waals surface area contributed by atoms with Crippen LogP contribution in [0.5, 0.6) is 0 Å². The molecule has 0 aliphatic heterocycles. The zero-order chi connectivity index (χ0) is 12.1. The van der Waals surface area contributed by atoms with E-state index in [2.05, 4.69) is 29.1 Å². The number of aryl methyl sites for hydroxylation is 1. The highest BCUT2D eigenvalue weighted by atomic mass is 16.4. The van der Waals surface area contributed by atoms with Crippen LogP contribution in [0, 0.1) is 6.92 Å². The van der Waals surface area contributed by atoms with Crippen LogP contribution in [0.1, 0.15) is 37.6 Å². The van der Waals surface area contributed by atoms with Crippen molar-refractivity contribution in [3.05, 3.63) is 17.5 Å². The molecule has 1 rings (SSSR count). The highest BCUT2D eigenvalue weighted by Crippen LogP contribution is 2.14. The average molecular weight is 223 g/mol. The van der Waals surface area contributed by atoms with E-state index in [4.69, 9.17) is 5.11 Å². The van der Waals surface area contributed by atoms with Crippen LogP contribution in [-0.4, -0.2) is 27.6 Å². The Morgan fingerprint density at radius 3 is 2.75 bits per heavy atom. The molecule has 2 N–H and O–H groups in total. The summed E-state index contributed by atoms with van der Waals surface area (Å²) in [6.45, 7) is 6.36. The largest absolute Gasteiger partial charge is 0.481 e. The van der Waals surface area contributed by atoms with Gasteiger partial charge in [-0.2, -0.15) is 0 Å². The number of carboxylic acids is 1. The first-order valence-corrected chi connectivity index (χ1v) is 5.30. The fourth-order valence-electron chi connectivity index (χ4n) is 1.25. The molecule has 1 aromatic rings. The Balaban J connectivity index is 2.69. The van der Waals surface area contributed by atoms with Crippen molar-refractivity contribution in [1.29, 1.82) is 0 Å². The predicted octanol–water partition coefficient (Wildman–Crippen LogP) is 1.80. The number of hydrogen-bond acceptors (Lipinski definition) is 4. The van der Waals surface area contributed by atoms with Crippen molar-refractivity contribution in [2.45, 2.75) is 33.1 Å². The lowest BCUT2D eigenvalue weighted by atomic mass is 10.1. The molecule has 5 heteroatoms. The summed E-state index contributed by atoms with van der Waals surface area (Å²) >= 11 is 0. The minimum atomic E-state index is -0.829. The third kappa shape index (κ3) is 3.84. The van der Waals surface area contributed by atoms with Crippen molar-refractivity contribution in [2.24, 2.45) is 0 Å². The van der Waals surface area contributed by atoms with E-state index >= 15 is 0 Å². The maximum Gasteiger partial charge on any atom is 0.305 e. The van der Waals surface area contributed by atoms with Crippen LogP contribution >= 0.6 is 0 Å². The molecule has 88 valence electrons. The molecule has 0 amide bonds. The third-order valence-electron chi connectivity index (χ3n) is 2.09. The van der Waals surface area contributed by atoms with Crippen LogP contribution in [0.4, 0.5) is 5.95 Å². The lowest BCUT2D eigenvalue weighted by Crippen LogP contribution is -2.11. The standard InChI is InChI=1S/C11H17N3O2/c1-7(2)9-6-8(3)13-11(14-9)12-5-4-10(15)16/h6-7H,4-5H2,1-3H3,(H,15,16)(H,12,13,14). The Hall–Kier alpha value is -1.65. The molecule has 0 aliphatic rings. The van der Waals surface area contributed by atoms with Crippen molar-refractivity contribution < 1.29 is 9.90 Å². The first-order valence-electron chi connectivity index (χ1n) is 5.30. The van der Waals surface area contributed by atoms with E-state index in [1.165, 1.54) is 0 Å². The van der Waals surface area contributed by atoms with Gasteiger partial charge >= 0.3 is 5.97 Å². The van der Waals surface area contributed by atoms with Gasteiger partial charge < -0.3 is 10.4 Å². The van der Waals surface area contributed by atoms with Gasteiger partial charge in [0, 0.05) is 17.9 Å². The monoisotopic (exact) mass is 223 g/mol. The maximum atomic E-state index is 10.4. The van der Waals surface area contributed by atoms with Crippen molar-refractivity contribution in [3.8, 4) is 0 Å². The summed E-state index contributed by atoms with van der Waals surface area (Å²) in [5, 5.41) is 11.4. The van der Waals surface area contributed by atoms with E-state index in [0.717, 1.165) is 11.4 Å². The second-order valence-corrected chi connectivity index (χ2v) is 3.98. The summed E-state index contributed by atoms with van der Waals surface area (Å²) in [5.41, 5.74) is 1.85. The highest BCUT2D eigenvalue weighted by Gasteiger charge is 2.05. The summed E-state index contributed by atoms with van der Waals surface area (Å²) in [6.07, 6.45) is 0.0638. The predicted molar refractivity (Wildman–Crippen MR) is 61.6 cm³/mol. The van der Waals surface area contributed by atoms with Gasteiger partial charge in [-0.1, -0.05) is 13.8 Å². The van der Waals surface area contributed by atoms with Crippen LogP contribution in [0.2, 0.25) is 0 Å². The number of rotatable bonds is 5. The quantitative estimate of drug-likeness (QED) is 0.796. The number of aliphatic carboxylic acids is 1. The van der Waals surface area contributed by atoms with Gasteiger partial charge in [-0.25, -0.2) is 9.97 Å². The number of nitrogens with zero attached hydrogens (tertiary/aromatic N) is 2. The minimum absolute atomic E-state index is 0.0638. The van der Waals surface area contributed by atoms with Gasteiger partial charge in [0.25, 0.3) is 0 Å². The van der Waals surface area contributed by atoms with Gasteiger partial charge in [-0.05, 0) is 18.9 Å². The number of carboxylic acid groups (broad SMARTS) is 1. The topological polar surface area (TPSA) is 75.1 Å². The molecule has 1 heterocycles. The molecule has 0 aliphatic carbocycles. The molecular formula is C11H17N3O2. The number of carbonyl (C=O) groups is 1. The first-order chi connectivity index (χ1) is 7.49. The smallest absolute Gasteiger partial charge is 0.305 e. The van der Waals surface area contributed by atoms with Gasteiger partial charge in [0.15, 0.2) is 0 Å². The first kappa shape index (κ1) is 12.4. The van der Waals surface area contributed by atoms with E-state index in [-0.39, 0.29) is 6.42 Å². The second-order valence-electron chi connectivity index (χ2n) is 3.98. The highest BCUT2D eigenvalue weighted by molar-refractivity contribution is 5.67. The molecule has 1 aromatic heterocycles. The Labute approximate surface area is 94.9 Å². The minimum Gasteiger partial charge on any atom is -0.481 e. The summed E-state index contributed by atoms with van der Waals surface area (Å²) in [6, 6.07) is 1.94. The number of hydrogen-bond donors (Lipinski definition) is 2. The normalized spacial score (nSPS) is 10.5. The van der Waals surface area contributed by atoms with Crippen molar-refractivity contribution in [3.63, 3.8) is 0 Å². The van der Waals surface area contributed by atoms with E-state index in [1.54, 1.807) is 0 Å². The van der Waals surface area contributed by atoms with Gasteiger partial charge in [-0.3, -0.25) is 4.79 Å². The van der Waals surface area contributed by atoms with Gasteiger partial charge in [0.05, 0.1) is 6.42 Å². The lowest BCUT2D eigenvalue weighted by Gasteiger charge is -2.09. The van der Waals surface area contributed by atoms with Gasteiger partial charge in [-0.15, -0.1) is 0 Å². The van der Waals surface area contributed by atoms with Gasteiger partial charge in [0.1, 0.15) is 0 Å². The molecule has 0 saturated heterocycles. The van der Waals surface area contributed by atoms with Crippen LogP contribution in [0.3, 0.4) is 0 Å². The van der Waals surface area contributed by atoms with Crippen LogP contribution in [0.15, 0.2) is 6.07 Å². The van der Waals surface area contributed by atoms with Crippen molar-refractivity contribution in [2.75, 3.05) is 11.9 Å². The molecule has 0 fully saturated rings. The summed E-state index contributed by atoms with van der Waals surface area (Å²) in [7, 11) is 0. The zero-order valence-electron chi connectivity index (χ0n) is 9.82. The fraction of sp³-hybridized carbons (Fsp3) is 0.545. The summed E-state index contributed by atoms with van der Waals surface area (Å²) in [5.74, 6) is 0.0101. The van der Waals surface area contributed by atoms with Crippen LogP contribution in [0.25, 0.3) is 0 Å². The lowest BCUT2D eigenvalue weighted by molar-refractivity contribution is -0.136. The zero-order valence-corrected chi connectivity index (χ0v) is 9.82. The fourth-order valence-corrected chi connectivity index (χ4v) is 1.25. The van der Waals surface area contributed by atoms with Crippen molar-refractivity contribution in [1.82, 2.24) is 9.97 Å². The second kappa shape index (κ2) is 5.44.